The molecule has 7 nitrogen and oxygen atoms in total. The van der Waals surface area contributed by atoms with Crippen LogP contribution in [0.4, 0.5) is 11.4 Å². The van der Waals surface area contributed by atoms with Gasteiger partial charge in [-0.2, -0.15) is 5.26 Å². The van der Waals surface area contributed by atoms with Gasteiger partial charge in [-0.3, -0.25) is 19.8 Å². The number of nitro benzene ring substituents is 1. The van der Waals surface area contributed by atoms with Crippen LogP contribution in [0.3, 0.4) is 0 Å². The third-order valence-electron chi connectivity index (χ3n) is 5.60. The van der Waals surface area contributed by atoms with E-state index in [2.05, 4.69) is 6.07 Å². The second kappa shape index (κ2) is 7.43. The number of nitriles is 1. The zero-order valence-corrected chi connectivity index (χ0v) is 17.5. The predicted octanol–water partition coefficient (Wildman–Crippen LogP) is 4.58. The number of nitro groups is 1. The first kappa shape index (κ1) is 19.9. The number of hydrogen-bond donors (Lipinski definition) is 1. The predicted molar refractivity (Wildman–Crippen MR) is 115 cm³/mol. The SMILES string of the molecule is Cc1cc(C2C(C#N)=C(N)N(c3cccc([N+](=O)[O-])c3)C3=C2C(=O)CCC3)c(C)s1. The van der Waals surface area contributed by atoms with Crippen LogP contribution in [0.1, 0.15) is 40.5 Å². The summed E-state index contributed by atoms with van der Waals surface area (Å²) in [6.45, 7) is 3.98. The van der Waals surface area contributed by atoms with Gasteiger partial charge in [-0.05, 0) is 44.4 Å². The Labute approximate surface area is 177 Å². The molecule has 1 aromatic carbocycles. The summed E-state index contributed by atoms with van der Waals surface area (Å²) in [5.74, 6) is -0.280. The zero-order valence-electron chi connectivity index (χ0n) is 16.6. The minimum Gasteiger partial charge on any atom is -0.384 e. The molecule has 30 heavy (non-hydrogen) atoms. The van der Waals surface area contributed by atoms with Gasteiger partial charge in [0.15, 0.2) is 5.78 Å². The van der Waals surface area contributed by atoms with Crippen molar-refractivity contribution in [3.63, 3.8) is 0 Å². The van der Waals surface area contributed by atoms with Crippen LogP contribution >= 0.6 is 11.3 Å². The number of Topliss-reactive ketones (excluding diaryl/α,β-unsaturated/α-hetero) is 1. The molecule has 2 N–H and O–H groups in total. The molecule has 0 amide bonds. The lowest BCUT2D eigenvalue weighted by molar-refractivity contribution is -0.384. The number of anilines is 1. The Morgan fingerprint density at radius 3 is 2.70 bits per heavy atom. The van der Waals surface area contributed by atoms with Gasteiger partial charge >= 0.3 is 0 Å². The van der Waals surface area contributed by atoms with Crippen molar-refractivity contribution in [3.8, 4) is 6.07 Å². The first-order chi connectivity index (χ1) is 14.3. The number of aryl methyl sites for hydroxylation is 2. The Balaban J connectivity index is 1.98. The molecule has 2 heterocycles. The van der Waals surface area contributed by atoms with Crippen LogP contribution in [0.5, 0.6) is 0 Å². The summed E-state index contributed by atoms with van der Waals surface area (Å²) >= 11 is 1.62. The van der Waals surface area contributed by atoms with E-state index in [1.165, 1.54) is 12.1 Å². The molecule has 8 heteroatoms. The number of benzene rings is 1. The number of carbonyl (C=O) groups is 1. The van der Waals surface area contributed by atoms with E-state index in [1.54, 1.807) is 28.4 Å². The van der Waals surface area contributed by atoms with Crippen LogP contribution in [0, 0.1) is 35.3 Å². The quantitative estimate of drug-likeness (QED) is 0.574. The summed E-state index contributed by atoms with van der Waals surface area (Å²) in [4.78, 5) is 27.7. The fourth-order valence-corrected chi connectivity index (χ4v) is 5.34. The number of rotatable bonds is 3. The van der Waals surface area contributed by atoms with Gasteiger partial charge in [0.2, 0.25) is 0 Å². The second-order valence-electron chi connectivity index (χ2n) is 7.46. The molecule has 1 atom stereocenters. The van der Waals surface area contributed by atoms with Crippen LogP contribution < -0.4 is 10.6 Å². The molecule has 1 aliphatic carbocycles. The minimum absolute atomic E-state index is 0.000170. The molecule has 2 aromatic rings. The Morgan fingerprint density at radius 1 is 1.30 bits per heavy atom. The van der Waals surface area contributed by atoms with Gasteiger partial charge < -0.3 is 5.73 Å². The van der Waals surface area contributed by atoms with Gasteiger partial charge in [0.05, 0.1) is 28.2 Å². The maximum Gasteiger partial charge on any atom is 0.271 e. The van der Waals surface area contributed by atoms with Crippen molar-refractivity contribution in [2.75, 3.05) is 4.90 Å². The lowest BCUT2D eigenvalue weighted by Crippen LogP contribution is -2.38. The molecule has 0 saturated heterocycles. The molecule has 4 rings (SSSR count). The van der Waals surface area contributed by atoms with Crippen molar-refractivity contribution in [3.05, 3.63) is 78.4 Å². The van der Waals surface area contributed by atoms with Gasteiger partial charge in [-0.15, -0.1) is 11.3 Å². The molecule has 0 saturated carbocycles. The highest BCUT2D eigenvalue weighted by Crippen LogP contribution is 2.48. The fourth-order valence-electron chi connectivity index (χ4n) is 4.38. The molecule has 152 valence electrons. The number of hydrogen-bond acceptors (Lipinski definition) is 7. The summed E-state index contributed by atoms with van der Waals surface area (Å²) in [6.07, 6.45) is 1.70. The summed E-state index contributed by atoms with van der Waals surface area (Å²) in [5.41, 5.74) is 9.45. The molecular weight excluding hydrogens is 400 g/mol. The van der Waals surface area contributed by atoms with Crippen molar-refractivity contribution >= 4 is 28.5 Å². The highest BCUT2D eigenvalue weighted by molar-refractivity contribution is 7.12. The Morgan fingerprint density at radius 2 is 2.07 bits per heavy atom. The topological polar surface area (TPSA) is 113 Å². The second-order valence-corrected chi connectivity index (χ2v) is 8.92. The van der Waals surface area contributed by atoms with Gasteiger partial charge in [0.1, 0.15) is 5.82 Å². The third-order valence-corrected chi connectivity index (χ3v) is 6.58. The maximum atomic E-state index is 13.1. The monoisotopic (exact) mass is 420 g/mol. The van der Waals surface area contributed by atoms with E-state index in [0.29, 0.717) is 36.1 Å². The highest BCUT2D eigenvalue weighted by Gasteiger charge is 2.41. The molecule has 0 bridgehead atoms. The van der Waals surface area contributed by atoms with Gasteiger partial charge in [-0.1, -0.05) is 6.07 Å². The average molecular weight is 420 g/mol. The molecule has 0 fully saturated rings. The highest BCUT2D eigenvalue weighted by atomic mass is 32.1. The van der Waals surface area contributed by atoms with E-state index in [4.69, 9.17) is 5.73 Å². The van der Waals surface area contributed by atoms with Crippen molar-refractivity contribution < 1.29 is 9.72 Å². The van der Waals surface area contributed by atoms with E-state index in [1.807, 2.05) is 19.9 Å². The van der Waals surface area contributed by atoms with E-state index < -0.39 is 10.8 Å². The Hall–Kier alpha value is -3.44. The van der Waals surface area contributed by atoms with Crippen molar-refractivity contribution in [2.24, 2.45) is 5.73 Å². The first-order valence-electron chi connectivity index (χ1n) is 9.61. The molecule has 0 radical (unpaired) electrons. The first-order valence-corrected chi connectivity index (χ1v) is 10.4. The van der Waals surface area contributed by atoms with Crippen LogP contribution in [0.25, 0.3) is 0 Å². The van der Waals surface area contributed by atoms with Gasteiger partial charge in [-0.25, -0.2) is 0 Å². The maximum absolute atomic E-state index is 13.1. The molecule has 1 unspecified atom stereocenters. The molecule has 0 spiro atoms. The van der Waals surface area contributed by atoms with Crippen molar-refractivity contribution in [1.82, 2.24) is 0 Å². The van der Waals surface area contributed by atoms with Crippen molar-refractivity contribution in [2.45, 2.75) is 39.0 Å². The van der Waals surface area contributed by atoms with Gasteiger partial charge in [0.25, 0.3) is 5.69 Å². The summed E-state index contributed by atoms with van der Waals surface area (Å²) in [6, 6.07) is 10.4. The average Bonchev–Trinajstić information content (AvgIpc) is 3.05. The summed E-state index contributed by atoms with van der Waals surface area (Å²) < 4.78 is 0. The number of thiophene rings is 1. The fraction of sp³-hybridized carbons (Fsp3) is 0.273. The normalized spacial score (nSPS) is 19.0. The van der Waals surface area contributed by atoms with E-state index in [0.717, 1.165) is 21.0 Å². The number of nitrogens with two attached hydrogens (primary N) is 1. The van der Waals surface area contributed by atoms with Crippen LogP contribution in [0.2, 0.25) is 0 Å². The number of carbonyl (C=O) groups excluding carboxylic acids is 1. The molecular formula is C22H20N4O3S. The standard InChI is InChI=1S/C22H20N4O3S/c1-12-9-16(13(2)30-12)20-17(11-23)22(24)25(18-7-4-8-19(27)21(18)20)14-5-3-6-15(10-14)26(28)29/h3,5-6,9-10,20H,4,7-8,24H2,1-2H3. The largest absolute Gasteiger partial charge is 0.384 e. The van der Waals surface area contributed by atoms with E-state index >= 15 is 0 Å². The molecule has 2 aliphatic rings. The Bertz CT molecular complexity index is 1190. The number of non-ortho nitro benzene ring substituents is 1. The number of ketones is 1. The molecule has 1 aliphatic heterocycles. The van der Waals surface area contributed by atoms with E-state index in [9.17, 15) is 20.2 Å². The lowest BCUT2D eigenvalue weighted by Gasteiger charge is -2.39. The third kappa shape index (κ3) is 3.08. The Kier molecular flexibility index (Phi) is 4.92. The van der Waals surface area contributed by atoms with E-state index in [-0.39, 0.29) is 17.3 Å². The minimum atomic E-state index is -0.502. The lowest BCUT2D eigenvalue weighted by atomic mass is 9.75. The molecule has 1 aromatic heterocycles. The van der Waals surface area contributed by atoms with Crippen LogP contribution in [-0.4, -0.2) is 10.7 Å². The van der Waals surface area contributed by atoms with Crippen LogP contribution in [0.15, 0.2) is 53.0 Å². The zero-order chi connectivity index (χ0) is 21.6. The number of allylic oxidation sites excluding steroid dienone is 3. The van der Waals surface area contributed by atoms with Gasteiger partial charge in [0, 0.05) is 39.6 Å². The summed E-state index contributed by atoms with van der Waals surface area (Å²) in [7, 11) is 0. The van der Waals surface area contributed by atoms with Crippen molar-refractivity contribution in [1.29, 1.82) is 5.26 Å². The smallest absolute Gasteiger partial charge is 0.271 e. The van der Waals surface area contributed by atoms with Crippen LogP contribution in [-0.2, 0) is 4.79 Å². The number of nitrogens with zero attached hydrogens (tertiary/aromatic N) is 3. The summed E-state index contributed by atoms with van der Waals surface area (Å²) in [5, 5.41) is 21.3.